The summed E-state index contributed by atoms with van der Waals surface area (Å²) < 4.78 is 6.76. The van der Waals surface area contributed by atoms with Gasteiger partial charge in [-0.3, -0.25) is 4.68 Å². The highest BCUT2D eigenvalue weighted by Gasteiger charge is 2.31. The number of hydrogen-bond acceptors (Lipinski definition) is 5. The van der Waals surface area contributed by atoms with E-state index >= 15 is 0 Å². The van der Waals surface area contributed by atoms with Crippen LogP contribution in [0.2, 0.25) is 0 Å². The maximum Gasteiger partial charge on any atom is 0.341 e. The summed E-state index contributed by atoms with van der Waals surface area (Å²) in [5, 5.41) is 4.29. The number of hydrogen-bond donors (Lipinski definition) is 0. The van der Waals surface area contributed by atoms with Crippen molar-refractivity contribution in [2.75, 3.05) is 6.61 Å². The fourth-order valence-electron chi connectivity index (χ4n) is 2.09. The van der Waals surface area contributed by atoms with Crippen molar-refractivity contribution in [2.24, 2.45) is 7.05 Å². The molecule has 0 spiro atoms. The van der Waals surface area contributed by atoms with E-state index in [-0.39, 0.29) is 5.97 Å². The number of rotatable bonds is 4. The zero-order valence-electron chi connectivity index (χ0n) is 11.5. The summed E-state index contributed by atoms with van der Waals surface area (Å²) in [7, 11) is 1.85. The Kier molecular flexibility index (Phi) is 3.22. The minimum absolute atomic E-state index is 0.345. The van der Waals surface area contributed by atoms with E-state index < -0.39 is 0 Å². The van der Waals surface area contributed by atoms with Crippen molar-refractivity contribution in [2.45, 2.75) is 25.7 Å². The maximum atomic E-state index is 11.9. The highest BCUT2D eigenvalue weighted by atomic mass is 16.5. The first-order chi connectivity index (χ1) is 9.69. The summed E-state index contributed by atoms with van der Waals surface area (Å²) in [5.41, 5.74) is 1.98. The molecule has 0 radical (unpaired) electrons. The van der Waals surface area contributed by atoms with Crippen LogP contribution in [-0.2, 0) is 11.8 Å². The molecule has 1 fully saturated rings. The largest absolute Gasteiger partial charge is 0.462 e. The lowest BCUT2D eigenvalue weighted by Crippen LogP contribution is -2.11. The lowest BCUT2D eigenvalue weighted by Gasteiger charge is -2.07. The van der Waals surface area contributed by atoms with Crippen LogP contribution in [0, 0.1) is 0 Å². The summed E-state index contributed by atoms with van der Waals surface area (Å²) in [6.45, 7) is 2.14. The maximum absolute atomic E-state index is 11.9. The summed E-state index contributed by atoms with van der Waals surface area (Å²) in [6.07, 6.45) is 5.52. The van der Waals surface area contributed by atoms with Crippen LogP contribution in [0.15, 0.2) is 18.5 Å². The molecule has 0 aliphatic heterocycles. The molecular formula is C14H16N4O2. The Morgan fingerprint density at radius 2 is 2.30 bits per heavy atom. The summed E-state index contributed by atoms with van der Waals surface area (Å²) in [5.74, 6) is 0.558. The van der Waals surface area contributed by atoms with Gasteiger partial charge in [0.05, 0.1) is 17.9 Å². The fraction of sp³-hybridized carbons (Fsp3) is 0.429. The highest BCUT2D eigenvalue weighted by molar-refractivity contribution is 5.90. The van der Waals surface area contributed by atoms with E-state index in [0.717, 1.165) is 18.5 Å². The quantitative estimate of drug-likeness (QED) is 0.795. The molecule has 0 N–H and O–H groups in total. The molecule has 0 aromatic carbocycles. The zero-order valence-corrected chi connectivity index (χ0v) is 11.5. The predicted molar refractivity (Wildman–Crippen MR) is 72.2 cm³/mol. The minimum atomic E-state index is -0.345. The van der Waals surface area contributed by atoms with Crippen molar-refractivity contribution in [1.82, 2.24) is 19.7 Å². The number of aryl methyl sites for hydroxylation is 1. The number of nitrogens with zero attached hydrogens (tertiary/aromatic N) is 4. The Hall–Kier alpha value is -2.24. The molecule has 2 aromatic heterocycles. The van der Waals surface area contributed by atoms with E-state index in [4.69, 9.17) is 4.74 Å². The molecule has 0 bridgehead atoms. The number of esters is 1. The van der Waals surface area contributed by atoms with Gasteiger partial charge in [-0.2, -0.15) is 5.10 Å². The lowest BCUT2D eigenvalue weighted by atomic mass is 10.1. The molecule has 0 amide bonds. The first-order valence-electron chi connectivity index (χ1n) is 6.73. The van der Waals surface area contributed by atoms with Crippen molar-refractivity contribution < 1.29 is 9.53 Å². The summed E-state index contributed by atoms with van der Waals surface area (Å²) >= 11 is 0. The second-order valence-corrected chi connectivity index (χ2v) is 4.86. The van der Waals surface area contributed by atoms with Gasteiger partial charge in [-0.25, -0.2) is 14.8 Å². The molecule has 1 aliphatic rings. The molecular weight excluding hydrogens is 256 g/mol. The first-order valence-corrected chi connectivity index (χ1v) is 6.73. The van der Waals surface area contributed by atoms with Crippen molar-refractivity contribution in [1.29, 1.82) is 0 Å². The van der Waals surface area contributed by atoms with Crippen molar-refractivity contribution in [3.05, 3.63) is 29.7 Å². The third-order valence-corrected chi connectivity index (χ3v) is 3.22. The molecule has 0 unspecified atom stereocenters. The molecule has 2 heterocycles. The Morgan fingerprint density at radius 1 is 1.50 bits per heavy atom. The molecule has 3 rings (SSSR count). The van der Waals surface area contributed by atoms with Gasteiger partial charge < -0.3 is 4.74 Å². The number of carbonyl (C=O) groups is 1. The third-order valence-electron chi connectivity index (χ3n) is 3.22. The second kappa shape index (κ2) is 5.03. The van der Waals surface area contributed by atoms with Gasteiger partial charge in [0.1, 0.15) is 5.69 Å². The van der Waals surface area contributed by atoms with Crippen LogP contribution in [0.5, 0.6) is 0 Å². The Morgan fingerprint density at radius 3 is 2.90 bits per heavy atom. The Labute approximate surface area is 116 Å². The van der Waals surface area contributed by atoms with Crippen molar-refractivity contribution >= 4 is 5.97 Å². The van der Waals surface area contributed by atoms with Gasteiger partial charge in [-0.1, -0.05) is 0 Å². The van der Waals surface area contributed by atoms with Crippen LogP contribution in [0.1, 0.15) is 41.7 Å². The molecule has 0 saturated heterocycles. The molecule has 104 valence electrons. The van der Waals surface area contributed by atoms with Gasteiger partial charge >= 0.3 is 5.97 Å². The molecule has 2 aromatic rings. The van der Waals surface area contributed by atoms with Gasteiger partial charge in [-0.05, 0) is 25.8 Å². The van der Waals surface area contributed by atoms with Crippen LogP contribution in [0.25, 0.3) is 11.5 Å². The van der Waals surface area contributed by atoms with Crippen LogP contribution in [0.3, 0.4) is 0 Å². The fourth-order valence-corrected chi connectivity index (χ4v) is 2.09. The minimum Gasteiger partial charge on any atom is -0.462 e. The van der Waals surface area contributed by atoms with E-state index in [1.165, 1.54) is 0 Å². The van der Waals surface area contributed by atoms with E-state index in [9.17, 15) is 4.79 Å². The Bertz CT molecular complexity index is 646. The second-order valence-electron chi connectivity index (χ2n) is 4.86. The van der Waals surface area contributed by atoms with Crippen LogP contribution >= 0.6 is 0 Å². The molecule has 0 atom stereocenters. The van der Waals surface area contributed by atoms with E-state index in [1.807, 2.05) is 19.3 Å². The molecule has 6 nitrogen and oxygen atoms in total. The molecule has 6 heteroatoms. The summed E-state index contributed by atoms with van der Waals surface area (Å²) in [6, 6.07) is 1.86. The predicted octanol–water partition coefficient (Wildman–Crippen LogP) is 1.93. The average molecular weight is 272 g/mol. The van der Waals surface area contributed by atoms with Crippen LogP contribution < -0.4 is 0 Å². The van der Waals surface area contributed by atoms with Gasteiger partial charge in [0, 0.05) is 25.4 Å². The van der Waals surface area contributed by atoms with Gasteiger partial charge in [-0.15, -0.1) is 0 Å². The van der Waals surface area contributed by atoms with Crippen molar-refractivity contribution in [3.63, 3.8) is 0 Å². The topological polar surface area (TPSA) is 69.9 Å². The average Bonchev–Trinajstić information content (AvgIpc) is 3.20. The van der Waals surface area contributed by atoms with E-state index in [1.54, 1.807) is 17.8 Å². The molecule has 1 aliphatic carbocycles. The summed E-state index contributed by atoms with van der Waals surface area (Å²) in [4.78, 5) is 20.7. The normalized spacial score (nSPS) is 14.3. The lowest BCUT2D eigenvalue weighted by molar-refractivity contribution is 0.0524. The van der Waals surface area contributed by atoms with Gasteiger partial charge in [0.2, 0.25) is 0 Å². The molecule has 20 heavy (non-hydrogen) atoms. The highest BCUT2D eigenvalue weighted by Crippen LogP contribution is 2.41. The first kappa shape index (κ1) is 12.8. The Balaban J connectivity index is 1.99. The van der Waals surface area contributed by atoms with E-state index in [2.05, 4.69) is 15.1 Å². The van der Waals surface area contributed by atoms with Gasteiger partial charge in [0.25, 0.3) is 0 Å². The molecule has 1 saturated carbocycles. The third kappa shape index (κ3) is 2.41. The smallest absolute Gasteiger partial charge is 0.341 e. The van der Waals surface area contributed by atoms with Crippen LogP contribution in [-0.4, -0.2) is 32.3 Å². The number of carbonyl (C=O) groups excluding carboxylic acids is 1. The number of aromatic nitrogens is 4. The van der Waals surface area contributed by atoms with Crippen LogP contribution in [0.4, 0.5) is 0 Å². The number of ether oxygens (including phenoxy) is 1. The standard InChI is InChI=1S/C14H16N4O2/c1-3-20-14(19)10-8-15-13(11-6-7-18(2)17-11)16-12(10)9-4-5-9/h6-9H,3-5H2,1-2H3. The van der Waals surface area contributed by atoms with Gasteiger partial charge in [0.15, 0.2) is 5.82 Å². The SMILES string of the molecule is CCOC(=O)c1cnc(-c2ccn(C)n2)nc1C1CC1. The monoisotopic (exact) mass is 272 g/mol. The zero-order chi connectivity index (χ0) is 14.1. The van der Waals surface area contributed by atoms with E-state index in [0.29, 0.717) is 29.6 Å². The van der Waals surface area contributed by atoms with Crippen molar-refractivity contribution in [3.8, 4) is 11.5 Å².